The standard InChI is InChI=1S/C18H21N3/c1-12(2)9-15-5-7-16(8-6-15)17-11-21-14(4)10-13(3)19-18(21)20-17/h5-8,10-12H,9H2,1-4H3. The SMILES string of the molecule is Cc1cc(C)n2cc(-c3ccc(CC(C)C)cc3)nc2n1. The van der Waals surface area contributed by atoms with Crippen molar-refractivity contribution in [3.8, 4) is 11.3 Å². The highest BCUT2D eigenvalue weighted by Crippen LogP contribution is 2.21. The van der Waals surface area contributed by atoms with E-state index in [2.05, 4.69) is 67.3 Å². The van der Waals surface area contributed by atoms with Gasteiger partial charge in [0.15, 0.2) is 0 Å². The van der Waals surface area contributed by atoms with Gasteiger partial charge < -0.3 is 0 Å². The monoisotopic (exact) mass is 279 g/mol. The van der Waals surface area contributed by atoms with Gasteiger partial charge in [0.05, 0.1) is 5.69 Å². The zero-order valence-electron chi connectivity index (χ0n) is 13.1. The van der Waals surface area contributed by atoms with Gasteiger partial charge in [-0.25, -0.2) is 9.97 Å². The molecule has 0 aliphatic carbocycles. The van der Waals surface area contributed by atoms with Crippen molar-refractivity contribution < 1.29 is 0 Å². The molecule has 3 heteroatoms. The van der Waals surface area contributed by atoms with Crippen LogP contribution >= 0.6 is 0 Å². The summed E-state index contributed by atoms with van der Waals surface area (Å²) < 4.78 is 2.05. The summed E-state index contributed by atoms with van der Waals surface area (Å²) in [6, 6.07) is 10.8. The van der Waals surface area contributed by atoms with Gasteiger partial charge in [-0.3, -0.25) is 4.40 Å². The zero-order valence-corrected chi connectivity index (χ0v) is 13.1. The summed E-state index contributed by atoms with van der Waals surface area (Å²) in [6.07, 6.45) is 3.18. The predicted octanol–water partition coefficient (Wildman–Crippen LogP) is 4.21. The summed E-state index contributed by atoms with van der Waals surface area (Å²) in [5, 5.41) is 0. The van der Waals surface area contributed by atoms with Gasteiger partial charge in [0.2, 0.25) is 5.78 Å². The predicted molar refractivity (Wildman–Crippen MR) is 86.4 cm³/mol. The van der Waals surface area contributed by atoms with E-state index in [-0.39, 0.29) is 0 Å². The third-order valence-corrected chi connectivity index (χ3v) is 3.66. The fourth-order valence-electron chi connectivity index (χ4n) is 2.69. The first-order valence-electron chi connectivity index (χ1n) is 7.45. The van der Waals surface area contributed by atoms with Crippen LogP contribution in [0.2, 0.25) is 0 Å². The third-order valence-electron chi connectivity index (χ3n) is 3.66. The molecule has 0 amide bonds. The maximum Gasteiger partial charge on any atom is 0.234 e. The molecule has 3 nitrogen and oxygen atoms in total. The molecular weight excluding hydrogens is 258 g/mol. The molecule has 1 aromatic carbocycles. The van der Waals surface area contributed by atoms with E-state index in [0.29, 0.717) is 5.92 Å². The lowest BCUT2D eigenvalue weighted by atomic mass is 10.0. The summed E-state index contributed by atoms with van der Waals surface area (Å²) in [5.41, 5.74) is 5.66. The Labute approximate surface area is 125 Å². The zero-order chi connectivity index (χ0) is 15.0. The lowest BCUT2D eigenvalue weighted by molar-refractivity contribution is 0.647. The Hall–Kier alpha value is -2.16. The Balaban J connectivity index is 1.98. The van der Waals surface area contributed by atoms with Crippen LogP contribution in [0.25, 0.3) is 17.0 Å². The second-order valence-electron chi connectivity index (χ2n) is 6.13. The lowest BCUT2D eigenvalue weighted by Crippen LogP contribution is -1.94. The molecule has 0 spiro atoms. The smallest absolute Gasteiger partial charge is 0.234 e. The fraction of sp³-hybridized carbons (Fsp3) is 0.333. The molecule has 0 unspecified atom stereocenters. The van der Waals surface area contributed by atoms with Crippen molar-refractivity contribution in [1.29, 1.82) is 0 Å². The number of benzene rings is 1. The summed E-state index contributed by atoms with van der Waals surface area (Å²) in [6.45, 7) is 8.57. The molecule has 0 saturated carbocycles. The van der Waals surface area contributed by atoms with E-state index in [1.54, 1.807) is 0 Å². The first kappa shape index (κ1) is 13.8. The van der Waals surface area contributed by atoms with Crippen LogP contribution in [0.1, 0.15) is 30.8 Å². The largest absolute Gasteiger partial charge is 0.288 e. The highest BCUT2D eigenvalue weighted by molar-refractivity contribution is 5.62. The molecule has 0 atom stereocenters. The van der Waals surface area contributed by atoms with Crippen LogP contribution in [-0.4, -0.2) is 14.4 Å². The van der Waals surface area contributed by atoms with Gasteiger partial charge in [0.25, 0.3) is 0 Å². The number of nitrogens with zero attached hydrogens (tertiary/aromatic N) is 3. The molecule has 2 heterocycles. The minimum absolute atomic E-state index is 0.681. The summed E-state index contributed by atoms with van der Waals surface area (Å²) in [4.78, 5) is 9.14. The van der Waals surface area contributed by atoms with Crippen molar-refractivity contribution in [3.05, 3.63) is 53.5 Å². The first-order valence-corrected chi connectivity index (χ1v) is 7.45. The average molecular weight is 279 g/mol. The molecular formula is C18H21N3. The van der Waals surface area contributed by atoms with Gasteiger partial charge in [-0.05, 0) is 37.8 Å². The van der Waals surface area contributed by atoms with Gasteiger partial charge in [0.1, 0.15) is 0 Å². The molecule has 2 aromatic heterocycles. The number of hydrogen-bond acceptors (Lipinski definition) is 2. The Morgan fingerprint density at radius 1 is 1.05 bits per heavy atom. The molecule has 21 heavy (non-hydrogen) atoms. The molecule has 0 aliphatic rings. The molecule has 3 aromatic rings. The first-order chi connectivity index (χ1) is 10.0. The second kappa shape index (κ2) is 5.32. The maximum atomic E-state index is 4.65. The molecule has 0 aliphatic heterocycles. The Bertz CT molecular complexity index is 767. The van der Waals surface area contributed by atoms with Gasteiger partial charge in [-0.1, -0.05) is 38.1 Å². The number of rotatable bonds is 3. The summed E-state index contributed by atoms with van der Waals surface area (Å²) in [5.74, 6) is 1.45. The number of fused-ring (bicyclic) bond motifs is 1. The number of hydrogen-bond donors (Lipinski definition) is 0. The van der Waals surface area contributed by atoms with Crippen LogP contribution in [0.4, 0.5) is 0 Å². The minimum Gasteiger partial charge on any atom is -0.288 e. The molecule has 0 bridgehead atoms. The van der Waals surface area contributed by atoms with Crippen LogP contribution in [0.3, 0.4) is 0 Å². The lowest BCUT2D eigenvalue weighted by Gasteiger charge is -2.05. The van der Waals surface area contributed by atoms with E-state index in [0.717, 1.165) is 34.8 Å². The van der Waals surface area contributed by atoms with E-state index >= 15 is 0 Å². The Kier molecular flexibility index (Phi) is 3.50. The highest BCUT2D eigenvalue weighted by atomic mass is 15.1. The number of imidazole rings is 1. The highest BCUT2D eigenvalue weighted by Gasteiger charge is 2.08. The molecule has 3 rings (SSSR count). The van der Waals surface area contributed by atoms with Gasteiger partial charge >= 0.3 is 0 Å². The molecule has 0 radical (unpaired) electrons. The molecule has 108 valence electrons. The van der Waals surface area contributed by atoms with Crippen molar-refractivity contribution in [3.63, 3.8) is 0 Å². The van der Waals surface area contributed by atoms with E-state index in [1.165, 1.54) is 5.56 Å². The topological polar surface area (TPSA) is 30.2 Å². The fourth-order valence-corrected chi connectivity index (χ4v) is 2.69. The summed E-state index contributed by atoms with van der Waals surface area (Å²) >= 11 is 0. The second-order valence-corrected chi connectivity index (χ2v) is 6.13. The third kappa shape index (κ3) is 2.82. The van der Waals surface area contributed by atoms with Gasteiger partial charge in [-0.15, -0.1) is 0 Å². The molecule has 0 N–H and O–H groups in total. The van der Waals surface area contributed by atoms with Crippen molar-refractivity contribution in [1.82, 2.24) is 14.4 Å². The quantitative estimate of drug-likeness (QED) is 0.719. The van der Waals surface area contributed by atoms with E-state index in [9.17, 15) is 0 Å². The number of aromatic nitrogens is 3. The van der Waals surface area contributed by atoms with Crippen LogP contribution in [0.5, 0.6) is 0 Å². The van der Waals surface area contributed by atoms with E-state index in [1.807, 2.05) is 11.3 Å². The maximum absolute atomic E-state index is 4.65. The van der Waals surface area contributed by atoms with Crippen LogP contribution < -0.4 is 0 Å². The van der Waals surface area contributed by atoms with Crippen molar-refractivity contribution in [2.75, 3.05) is 0 Å². The van der Waals surface area contributed by atoms with Gasteiger partial charge in [0, 0.05) is 23.1 Å². The molecule has 0 fully saturated rings. The summed E-state index contributed by atoms with van der Waals surface area (Å²) in [7, 11) is 0. The van der Waals surface area contributed by atoms with E-state index < -0.39 is 0 Å². The van der Waals surface area contributed by atoms with Crippen molar-refractivity contribution in [2.45, 2.75) is 34.1 Å². The Morgan fingerprint density at radius 2 is 1.76 bits per heavy atom. The van der Waals surface area contributed by atoms with Crippen LogP contribution in [-0.2, 0) is 6.42 Å². The number of aryl methyl sites for hydroxylation is 2. The minimum atomic E-state index is 0.681. The van der Waals surface area contributed by atoms with Crippen LogP contribution in [0.15, 0.2) is 36.5 Å². The Morgan fingerprint density at radius 3 is 2.43 bits per heavy atom. The normalized spacial score (nSPS) is 11.5. The van der Waals surface area contributed by atoms with Gasteiger partial charge in [-0.2, -0.15) is 0 Å². The van der Waals surface area contributed by atoms with Crippen molar-refractivity contribution >= 4 is 5.78 Å². The average Bonchev–Trinajstić information content (AvgIpc) is 2.83. The van der Waals surface area contributed by atoms with Crippen LogP contribution in [0, 0.1) is 19.8 Å². The molecule has 0 saturated heterocycles. The van der Waals surface area contributed by atoms with Crippen molar-refractivity contribution in [2.24, 2.45) is 5.92 Å². The van der Waals surface area contributed by atoms with E-state index in [4.69, 9.17) is 0 Å².